The fourth-order valence-corrected chi connectivity index (χ4v) is 5.50. The summed E-state index contributed by atoms with van der Waals surface area (Å²) in [6.45, 7) is 3.52. The minimum Gasteiger partial charge on any atom is -0.493 e. The van der Waals surface area contributed by atoms with E-state index in [1.54, 1.807) is 18.2 Å². The molecule has 0 radical (unpaired) electrons. The van der Waals surface area contributed by atoms with Gasteiger partial charge < -0.3 is 19.7 Å². The van der Waals surface area contributed by atoms with Crippen molar-refractivity contribution in [2.24, 2.45) is 0 Å². The maximum absolute atomic E-state index is 13.3. The van der Waals surface area contributed by atoms with Crippen LogP contribution in [0.3, 0.4) is 0 Å². The predicted molar refractivity (Wildman–Crippen MR) is 146 cm³/mol. The zero-order valence-electron chi connectivity index (χ0n) is 20.4. The number of amides is 1. The molecule has 37 heavy (non-hydrogen) atoms. The Balaban J connectivity index is 1.29. The molecule has 4 aromatic rings. The number of hydrogen-bond acceptors (Lipinski definition) is 7. The summed E-state index contributed by atoms with van der Waals surface area (Å²) in [5.74, 6) is 0.650. The molecule has 8 nitrogen and oxygen atoms in total. The number of halogens is 1. The van der Waals surface area contributed by atoms with Gasteiger partial charge in [0.15, 0.2) is 18.1 Å². The molecular weight excluding hydrogens is 512 g/mol. The van der Waals surface area contributed by atoms with Gasteiger partial charge in [-0.25, -0.2) is 4.98 Å². The number of carbonyl (C=O) groups is 1. The molecule has 192 valence electrons. The van der Waals surface area contributed by atoms with E-state index in [9.17, 15) is 9.59 Å². The van der Waals surface area contributed by atoms with E-state index in [4.69, 9.17) is 21.1 Å². The summed E-state index contributed by atoms with van der Waals surface area (Å²) in [6, 6.07) is 14.5. The Morgan fingerprint density at radius 2 is 1.89 bits per heavy atom. The van der Waals surface area contributed by atoms with Crippen molar-refractivity contribution in [1.82, 2.24) is 19.8 Å². The first-order chi connectivity index (χ1) is 18.0. The average molecular weight is 539 g/mol. The molecule has 3 heterocycles. The molecule has 0 atom stereocenters. The molecule has 2 aromatic carbocycles. The molecule has 5 rings (SSSR count). The Morgan fingerprint density at radius 1 is 1.11 bits per heavy atom. The first kappa shape index (κ1) is 25.3. The van der Waals surface area contributed by atoms with Gasteiger partial charge in [0.2, 0.25) is 0 Å². The van der Waals surface area contributed by atoms with Crippen LogP contribution in [0.4, 0.5) is 0 Å². The number of hydrogen-bond donors (Lipinski definition) is 1. The number of aromatic nitrogens is 2. The fraction of sp³-hybridized carbons (Fsp3) is 0.296. The third kappa shape index (κ3) is 5.79. The van der Waals surface area contributed by atoms with E-state index in [1.165, 1.54) is 42.2 Å². The topological polar surface area (TPSA) is 85.7 Å². The van der Waals surface area contributed by atoms with Crippen molar-refractivity contribution in [3.8, 4) is 27.6 Å². The molecule has 1 aliphatic rings. The summed E-state index contributed by atoms with van der Waals surface area (Å²) in [5, 5.41) is 3.55. The summed E-state index contributed by atoms with van der Waals surface area (Å²) < 4.78 is 13.2. The van der Waals surface area contributed by atoms with E-state index in [0.717, 1.165) is 30.1 Å². The number of rotatable bonds is 9. The second-order valence-corrected chi connectivity index (χ2v) is 10.3. The van der Waals surface area contributed by atoms with Gasteiger partial charge in [-0.3, -0.25) is 14.2 Å². The van der Waals surface area contributed by atoms with Crippen LogP contribution >= 0.6 is 22.9 Å². The van der Waals surface area contributed by atoms with E-state index >= 15 is 0 Å². The smallest absolute Gasteiger partial charge is 0.275 e. The normalized spacial score (nSPS) is 13.7. The molecule has 0 spiro atoms. The van der Waals surface area contributed by atoms with Crippen LogP contribution in [-0.2, 0) is 4.79 Å². The predicted octanol–water partition coefficient (Wildman–Crippen LogP) is 4.37. The molecule has 1 fully saturated rings. The summed E-state index contributed by atoms with van der Waals surface area (Å²) in [4.78, 5) is 33.3. The van der Waals surface area contributed by atoms with E-state index in [-0.39, 0.29) is 18.1 Å². The Hall–Kier alpha value is -3.40. The first-order valence-electron chi connectivity index (χ1n) is 12.1. The Labute approximate surface area is 223 Å². The largest absolute Gasteiger partial charge is 0.493 e. The van der Waals surface area contributed by atoms with E-state index in [0.29, 0.717) is 39.0 Å². The highest BCUT2D eigenvalue weighted by molar-refractivity contribution is 7.22. The van der Waals surface area contributed by atoms with Crippen molar-refractivity contribution in [2.45, 2.75) is 12.8 Å². The molecule has 0 saturated carbocycles. The van der Waals surface area contributed by atoms with Gasteiger partial charge in [-0.1, -0.05) is 23.7 Å². The van der Waals surface area contributed by atoms with Crippen LogP contribution < -0.4 is 20.3 Å². The molecule has 1 saturated heterocycles. The lowest BCUT2D eigenvalue weighted by molar-refractivity contribution is -0.123. The van der Waals surface area contributed by atoms with Gasteiger partial charge in [-0.15, -0.1) is 11.3 Å². The number of thiophene rings is 1. The average Bonchev–Trinajstić information content (AvgIpc) is 3.59. The summed E-state index contributed by atoms with van der Waals surface area (Å²) in [5.41, 5.74) is 2.02. The Bertz CT molecular complexity index is 1460. The van der Waals surface area contributed by atoms with E-state index in [1.807, 2.05) is 30.3 Å². The number of likely N-dealkylation sites (tertiary alicyclic amines) is 1. The fourth-order valence-electron chi connectivity index (χ4n) is 4.33. The number of benzene rings is 2. The summed E-state index contributed by atoms with van der Waals surface area (Å²) in [6.07, 6.45) is 3.95. The summed E-state index contributed by atoms with van der Waals surface area (Å²) >= 11 is 7.39. The lowest BCUT2D eigenvalue weighted by Gasteiger charge is -2.15. The number of fused-ring (bicyclic) bond motifs is 1. The zero-order valence-corrected chi connectivity index (χ0v) is 22.0. The lowest BCUT2D eigenvalue weighted by Crippen LogP contribution is -2.35. The molecule has 1 aliphatic heterocycles. The Morgan fingerprint density at radius 3 is 2.65 bits per heavy atom. The van der Waals surface area contributed by atoms with Gasteiger partial charge in [0.05, 0.1) is 18.3 Å². The minimum atomic E-state index is -0.189. The third-order valence-electron chi connectivity index (χ3n) is 6.30. The van der Waals surface area contributed by atoms with Gasteiger partial charge in [0, 0.05) is 29.1 Å². The molecule has 0 bridgehead atoms. The highest BCUT2D eigenvalue weighted by Gasteiger charge is 2.15. The SMILES string of the molecule is COc1cc(-n2cnc3cc(-c4ccc(Cl)cc4)sc3c2=O)ccc1OCC(=O)NCCN1CCCC1. The van der Waals surface area contributed by atoms with Gasteiger partial charge in [-0.2, -0.15) is 0 Å². The molecule has 0 unspecified atom stereocenters. The number of ether oxygens (including phenoxy) is 2. The maximum Gasteiger partial charge on any atom is 0.275 e. The van der Waals surface area contributed by atoms with Crippen LogP contribution in [0.25, 0.3) is 26.3 Å². The van der Waals surface area contributed by atoms with Crippen LogP contribution in [0.2, 0.25) is 5.02 Å². The van der Waals surface area contributed by atoms with E-state index < -0.39 is 0 Å². The van der Waals surface area contributed by atoms with E-state index in [2.05, 4.69) is 15.2 Å². The van der Waals surface area contributed by atoms with Gasteiger partial charge in [-0.05, 0) is 61.8 Å². The molecule has 1 N–H and O–H groups in total. The van der Waals surface area contributed by atoms with Gasteiger partial charge >= 0.3 is 0 Å². The minimum absolute atomic E-state index is 0.119. The summed E-state index contributed by atoms with van der Waals surface area (Å²) in [7, 11) is 1.52. The molecule has 1 amide bonds. The lowest BCUT2D eigenvalue weighted by atomic mass is 10.2. The van der Waals surface area contributed by atoms with Crippen molar-refractivity contribution >= 4 is 39.1 Å². The first-order valence-corrected chi connectivity index (χ1v) is 13.3. The van der Waals surface area contributed by atoms with Crippen LogP contribution in [0.15, 0.2) is 59.7 Å². The number of nitrogens with zero attached hydrogens (tertiary/aromatic N) is 3. The number of nitrogens with one attached hydrogen (secondary N) is 1. The maximum atomic E-state index is 13.3. The molecular formula is C27H27ClN4O4S. The van der Waals surface area contributed by atoms with Crippen LogP contribution in [-0.4, -0.2) is 60.3 Å². The standard InChI is InChI=1S/C27H27ClN4O4S/c1-35-23-14-20(8-9-22(23)36-16-25(33)29-10-13-31-11-2-3-12-31)32-17-30-21-15-24(37-26(21)27(32)34)18-4-6-19(28)7-5-18/h4-9,14-15,17H,2-3,10-13,16H2,1H3,(H,29,33). The Kier molecular flexibility index (Phi) is 7.73. The molecule has 2 aromatic heterocycles. The molecule has 0 aliphatic carbocycles. The number of carbonyl (C=O) groups excluding carboxylic acids is 1. The van der Waals surface area contributed by atoms with Crippen molar-refractivity contribution in [1.29, 1.82) is 0 Å². The van der Waals surface area contributed by atoms with Crippen molar-refractivity contribution < 1.29 is 14.3 Å². The number of methoxy groups -OCH3 is 1. The van der Waals surface area contributed by atoms with Gasteiger partial charge in [0.1, 0.15) is 11.0 Å². The third-order valence-corrected chi connectivity index (χ3v) is 7.71. The van der Waals surface area contributed by atoms with Crippen molar-refractivity contribution in [3.63, 3.8) is 0 Å². The van der Waals surface area contributed by atoms with Crippen molar-refractivity contribution in [3.05, 3.63) is 70.2 Å². The monoisotopic (exact) mass is 538 g/mol. The van der Waals surface area contributed by atoms with Crippen LogP contribution in [0.5, 0.6) is 11.5 Å². The quantitative estimate of drug-likeness (QED) is 0.341. The van der Waals surface area contributed by atoms with Crippen molar-refractivity contribution in [2.75, 3.05) is 39.9 Å². The molecule has 10 heteroatoms. The van der Waals surface area contributed by atoms with Gasteiger partial charge in [0.25, 0.3) is 11.5 Å². The second kappa shape index (κ2) is 11.3. The highest BCUT2D eigenvalue weighted by Crippen LogP contribution is 2.33. The second-order valence-electron chi connectivity index (χ2n) is 8.77. The highest BCUT2D eigenvalue weighted by atomic mass is 35.5. The van der Waals surface area contributed by atoms with Crippen LogP contribution in [0, 0.1) is 0 Å². The van der Waals surface area contributed by atoms with Crippen LogP contribution in [0.1, 0.15) is 12.8 Å². The zero-order chi connectivity index (χ0) is 25.8.